The van der Waals surface area contributed by atoms with E-state index in [1.54, 1.807) is 0 Å². The largest absolute Gasteiger partial charge is 0.320 e. The maximum Gasteiger partial charge on any atom is 0.0708 e. The van der Waals surface area contributed by atoms with Crippen molar-refractivity contribution in [2.75, 3.05) is 0 Å². The second-order valence-electron chi connectivity index (χ2n) is 6.27. The van der Waals surface area contributed by atoms with E-state index in [0.29, 0.717) is 11.8 Å². The van der Waals surface area contributed by atoms with Gasteiger partial charge in [-0.1, -0.05) is 31.0 Å². The van der Waals surface area contributed by atoms with Crippen LogP contribution in [0.2, 0.25) is 0 Å². The Labute approximate surface area is 114 Å². The van der Waals surface area contributed by atoms with E-state index in [0.717, 1.165) is 11.2 Å². The molecule has 0 saturated heterocycles. The Kier molecular flexibility index (Phi) is 2.28. The Hall–Kier alpha value is -1.41. The number of nitrogens with zero attached hydrogens (tertiary/aromatic N) is 1. The average molecular weight is 252 g/mol. The van der Waals surface area contributed by atoms with Crippen LogP contribution in [-0.2, 0) is 5.54 Å². The summed E-state index contributed by atoms with van der Waals surface area (Å²) in [6.45, 7) is 2.17. The number of hydrogen-bond donors (Lipinski definition) is 1. The highest BCUT2D eigenvalue weighted by molar-refractivity contribution is 5.82. The summed E-state index contributed by atoms with van der Waals surface area (Å²) in [5.74, 6) is 1.35. The van der Waals surface area contributed by atoms with Crippen LogP contribution in [0.25, 0.3) is 10.9 Å². The number of nitrogens with two attached hydrogens (primary N) is 1. The molecule has 2 nitrogen and oxygen atoms in total. The zero-order valence-electron chi connectivity index (χ0n) is 11.4. The first-order valence-corrected chi connectivity index (χ1v) is 7.37. The highest BCUT2D eigenvalue weighted by atomic mass is 15.0. The van der Waals surface area contributed by atoms with Crippen molar-refractivity contribution in [3.8, 4) is 0 Å². The van der Waals surface area contributed by atoms with E-state index in [9.17, 15) is 0 Å². The lowest BCUT2D eigenvalue weighted by Gasteiger charge is -2.14. The first kappa shape index (κ1) is 11.4. The molecule has 2 fully saturated rings. The van der Waals surface area contributed by atoms with Crippen molar-refractivity contribution in [2.24, 2.45) is 17.6 Å². The summed E-state index contributed by atoms with van der Waals surface area (Å²) < 4.78 is 0. The van der Waals surface area contributed by atoms with Gasteiger partial charge >= 0.3 is 0 Å². The minimum Gasteiger partial charge on any atom is -0.320 e. The lowest BCUT2D eigenvalue weighted by atomic mass is 10.0. The Balaban J connectivity index is 1.84. The number of aryl methyl sites for hydroxylation is 1. The third-order valence-electron chi connectivity index (χ3n) is 5.25. The van der Waals surface area contributed by atoms with Gasteiger partial charge in [-0.15, -0.1) is 0 Å². The van der Waals surface area contributed by atoms with Gasteiger partial charge in [0.05, 0.1) is 16.7 Å². The van der Waals surface area contributed by atoms with E-state index in [2.05, 4.69) is 37.3 Å². The lowest BCUT2D eigenvalue weighted by Crippen LogP contribution is -2.25. The molecule has 2 N–H and O–H groups in total. The molecular weight excluding hydrogens is 232 g/mol. The quantitative estimate of drug-likeness (QED) is 0.843. The molecule has 0 aliphatic heterocycles. The molecule has 2 saturated carbocycles. The zero-order valence-corrected chi connectivity index (χ0v) is 11.4. The topological polar surface area (TPSA) is 38.9 Å². The molecule has 2 aliphatic rings. The Morgan fingerprint density at radius 2 is 1.84 bits per heavy atom. The normalized spacial score (nSPS) is 33.2. The molecular formula is C17H20N2. The molecule has 1 aromatic heterocycles. The summed E-state index contributed by atoms with van der Waals surface area (Å²) in [4.78, 5) is 4.87. The summed E-state index contributed by atoms with van der Waals surface area (Å²) >= 11 is 0. The molecule has 0 radical (unpaired) electrons. The predicted octanol–water partition coefficient (Wildman–Crippen LogP) is 3.52. The standard InChI is InChI=1S/C17H20N2/c1-11-10-16(19-15-9-5-2-6-12(11)15)17(18)13-7-3-4-8-14(13)17/h2,5-6,9-10,13-14H,3-4,7-8,18H2,1H3. The molecule has 19 heavy (non-hydrogen) atoms. The molecule has 0 spiro atoms. The van der Waals surface area contributed by atoms with Gasteiger partial charge in [-0.25, -0.2) is 0 Å². The SMILES string of the molecule is Cc1cc(C2(N)C3CCCCC32)nc2ccccc12. The van der Waals surface area contributed by atoms with Crippen LogP contribution in [0, 0.1) is 18.8 Å². The molecule has 4 rings (SSSR count). The van der Waals surface area contributed by atoms with Crippen molar-refractivity contribution >= 4 is 10.9 Å². The van der Waals surface area contributed by atoms with E-state index >= 15 is 0 Å². The molecule has 2 aliphatic carbocycles. The van der Waals surface area contributed by atoms with Crippen molar-refractivity contribution < 1.29 is 0 Å². The second-order valence-corrected chi connectivity index (χ2v) is 6.27. The van der Waals surface area contributed by atoms with Gasteiger partial charge in [0, 0.05) is 5.39 Å². The van der Waals surface area contributed by atoms with Gasteiger partial charge in [0.15, 0.2) is 0 Å². The van der Waals surface area contributed by atoms with Crippen LogP contribution in [0.3, 0.4) is 0 Å². The van der Waals surface area contributed by atoms with Crippen molar-refractivity contribution in [1.29, 1.82) is 0 Å². The molecule has 1 aromatic carbocycles. The van der Waals surface area contributed by atoms with Crippen LogP contribution in [0.5, 0.6) is 0 Å². The summed E-state index contributed by atoms with van der Waals surface area (Å²) in [6.07, 6.45) is 5.25. The third-order valence-corrected chi connectivity index (χ3v) is 5.25. The minimum absolute atomic E-state index is 0.134. The van der Waals surface area contributed by atoms with E-state index in [1.807, 2.05) is 0 Å². The molecule has 98 valence electrons. The number of pyridine rings is 1. The first-order chi connectivity index (χ1) is 9.21. The summed E-state index contributed by atoms with van der Waals surface area (Å²) in [5.41, 5.74) is 10.1. The van der Waals surface area contributed by atoms with Crippen LogP contribution in [0.4, 0.5) is 0 Å². The van der Waals surface area contributed by atoms with Crippen LogP contribution < -0.4 is 5.73 Å². The summed E-state index contributed by atoms with van der Waals surface area (Å²) in [6, 6.07) is 10.6. The van der Waals surface area contributed by atoms with Gasteiger partial charge in [0.1, 0.15) is 0 Å². The Morgan fingerprint density at radius 1 is 1.16 bits per heavy atom. The highest BCUT2D eigenvalue weighted by Crippen LogP contribution is 2.62. The van der Waals surface area contributed by atoms with Crippen molar-refractivity contribution in [1.82, 2.24) is 4.98 Å². The molecule has 0 bridgehead atoms. The van der Waals surface area contributed by atoms with Gasteiger partial charge in [-0.3, -0.25) is 4.98 Å². The maximum atomic E-state index is 6.71. The minimum atomic E-state index is -0.134. The maximum absolute atomic E-state index is 6.71. The van der Waals surface area contributed by atoms with Gasteiger partial charge in [0.2, 0.25) is 0 Å². The number of benzene rings is 1. The number of fused-ring (bicyclic) bond motifs is 2. The van der Waals surface area contributed by atoms with Crippen molar-refractivity contribution in [3.05, 3.63) is 41.6 Å². The van der Waals surface area contributed by atoms with E-state index in [4.69, 9.17) is 10.7 Å². The predicted molar refractivity (Wildman–Crippen MR) is 77.8 cm³/mol. The van der Waals surface area contributed by atoms with Gasteiger partial charge in [-0.2, -0.15) is 0 Å². The average Bonchev–Trinajstić information content (AvgIpc) is 3.07. The fraction of sp³-hybridized carbons (Fsp3) is 0.471. The molecule has 2 aromatic rings. The lowest BCUT2D eigenvalue weighted by molar-refractivity contribution is 0.480. The second kappa shape index (κ2) is 3.80. The molecule has 2 unspecified atom stereocenters. The monoisotopic (exact) mass is 252 g/mol. The number of hydrogen-bond acceptors (Lipinski definition) is 2. The fourth-order valence-corrected chi connectivity index (χ4v) is 4.12. The number of aromatic nitrogens is 1. The van der Waals surface area contributed by atoms with E-state index < -0.39 is 0 Å². The molecule has 0 amide bonds. The van der Waals surface area contributed by atoms with Crippen LogP contribution in [0.1, 0.15) is 36.9 Å². The molecule has 2 atom stereocenters. The van der Waals surface area contributed by atoms with Crippen LogP contribution in [-0.4, -0.2) is 4.98 Å². The number of para-hydroxylation sites is 1. The smallest absolute Gasteiger partial charge is 0.0708 e. The Morgan fingerprint density at radius 3 is 2.58 bits per heavy atom. The number of rotatable bonds is 1. The van der Waals surface area contributed by atoms with Crippen molar-refractivity contribution in [2.45, 2.75) is 38.1 Å². The summed E-state index contributed by atoms with van der Waals surface area (Å²) in [5, 5.41) is 1.25. The zero-order chi connectivity index (χ0) is 13.0. The van der Waals surface area contributed by atoms with Crippen LogP contribution >= 0.6 is 0 Å². The Bertz CT molecular complexity index is 635. The van der Waals surface area contributed by atoms with Gasteiger partial charge in [-0.05, 0) is 49.3 Å². The molecule has 2 heteroatoms. The van der Waals surface area contributed by atoms with Crippen LogP contribution in [0.15, 0.2) is 30.3 Å². The summed E-state index contributed by atoms with van der Waals surface area (Å²) in [7, 11) is 0. The van der Waals surface area contributed by atoms with Gasteiger partial charge in [0.25, 0.3) is 0 Å². The van der Waals surface area contributed by atoms with E-state index in [1.165, 1.54) is 36.6 Å². The fourth-order valence-electron chi connectivity index (χ4n) is 4.12. The third kappa shape index (κ3) is 1.50. The first-order valence-electron chi connectivity index (χ1n) is 7.37. The van der Waals surface area contributed by atoms with Crippen molar-refractivity contribution in [3.63, 3.8) is 0 Å². The van der Waals surface area contributed by atoms with E-state index in [-0.39, 0.29) is 5.54 Å². The van der Waals surface area contributed by atoms with Gasteiger partial charge < -0.3 is 5.73 Å². The molecule has 1 heterocycles. The highest BCUT2D eigenvalue weighted by Gasteiger charge is 2.63.